The molecule has 1 aromatic carbocycles. The minimum Gasteiger partial charge on any atom is -0.383 e. The molecule has 1 saturated carbocycles. The molecule has 1 aliphatic carbocycles. The maximum Gasteiger partial charge on any atom is 0.251 e. The number of hydrogen-bond acceptors (Lipinski definition) is 4. The highest BCUT2D eigenvalue weighted by Gasteiger charge is 2.28. The molecule has 0 aliphatic heterocycles. The predicted octanol–water partition coefficient (Wildman–Crippen LogP) is 3.88. The Balaban J connectivity index is 1.65. The van der Waals surface area contributed by atoms with E-state index in [9.17, 15) is 4.79 Å². The molecule has 6 nitrogen and oxygen atoms in total. The average Bonchev–Trinajstić information content (AvgIpc) is 3.43. The first-order valence-corrected chi connectivity index (χ1v) is 9.11. The quantitative estimate of drug-likeness (QED) is 0.637. The molecule has 1 amide bonds. The molecule has 0 spiro atoms. The number of carbonyl (C=O) groups excluding carboxylic acids is 1. The Hall–Kier alpha value is -2.67. The summed E-state index contributed by atoms with van der Waals surface area (Å²) in [6.07, 6.45) is 3.58. The van der Waals surface area contributed by atoms with Crippen molar-refractivity contribution in [3.05, 3.63) is 47.2 Å². The van der Waals surface area contributed by atoms with E-state index in [4.69, 9.17) is 5.73 Å². The van der Waals surface area contributed by atoms with Gasteiger partial charge in [-0.2, -0.15) is 0 Å². The Bertz CT molecular complexity index is 1030. The zero-order valence-electron chi connectivity index (χ0n) is 14.3. The van der Waals surface area contributed by atoms with Gasteiger partial charge in [0, 0.05) is 18.3 Å². The van der Waals surface area contributed by atoms with Gasteiger partial charge in [-0.25, -0.2) is 9.97 Å². The van der Waals surface area contributed by atoms with Crippen LogP contribution < -0.4 is 11.1 Å². The van der Waals surface area contributed by atoms with E-state index >= 15 is 0 Å². The molecular weight excluding hydrogens is 394 g/mol. The van der Waals surface area contributed by atoms with Crippen LogP contribution in [0.2, 0.25) is 0 Å². The monoisotopic (exact) mass is 411 g/mol. The molecule has 3 N–H and O–H groups in total. The minimum absolute atomic E-state index is 0.103. The van der Waals surface area contributed by atoms with Crippen molar-refractivity contribution in [1.29, 1.82) is 0 Å². The summed E-state index contributed by atoms with van der Waals surface area (Å²) in [5.41, 5.74) is 10.1. The molecule has 7 heteroatoms. The van der Waals surface area contributed by atoms with Crippen LogP contribution in [0.3, 0.4) is 0 Å². The molecule has 0 unspecified atom stereocenters. The highest BCUT2D eigenvalue weighted by molar-refractivity contribution is 9.10. The molecular formula is C19H18BrN5O. The fourth-order valence-corrected chi connectivity index (χ4v) is 3.96. The molecule has 4 rings (SSSR count). The Morgan fingerprint density at radius 2 is 2.00 bits per heavy atom. The Labute approximate surface area is 159 Å². The molecule has 1 fully saturated rings. The van der Waals surface area contributed by atoms with Crippen molar-refractivity contribution >= 4 is 44.4 Å². The van der Waals surface area contributed by atoms with Gasteiger partial charge in [-0.1, -0.05) is 18.7 Å². The number of benzene rings is 1. The van der Waals surface area contributed by atoms with Gasteiger partial charge in [0.1, 0.15) is 17.8 Å². The molecule has 0 atom stereocenters. The zero-order chi connectivity index (χ0) is 18.4. The smallest absolute Gasteiger partial charge is 0.251 e. The third-order valence-corrected chi connectivity index (χ3v) is 5.49. The van der Waals surface area contributed by atoms with Crippen LogP contribution in [0.15, 0.2) is 47.2 Å². The lowest BCUT2D eigenvalue weighted by Crippen LogP contribution is -2.14. The predicted molar refractivity (Wildman–Crippen MR) is 107 cm³/mol. The molecule has 0 bridgehead atoms. The number of nitrogens with one attached hydrogen (secondary N) is 1. The highest BCUT2D eigenvalue weighted by Crippen LogP contribution is 2.39. The van der Waals surface area contributed by atoms with Crippen LogP contribution in [-0.2, 0) is 11.8 Å². The van der Waals surface area contributed by atoms with Gasteiger partial charge in [-0.15, -0.1) is 0 Å². The molecule has 2 heterocycles. The standard InChI is InChI=1S/C19H18BrN5O/c1-10(11-3-4-11)19(26)24-13-7-5-12(6-8-13)16-15(20)14-17(21)22-9-23-18(14)25(16)2/h5-9,11H,1,3-4H2,2H3,(H,24,26)(H2,21,22,23). The summed E-state index contributed by atoms with van der Waals surface area (Å²) in [6, 6.07) is 7.68. The maximum atomic E-state index is 12.2. The number of aryl methyl sites for hydroxylation is 1. The minimum atomic E-state index is -0.103. The van der Waals surface area contributed by atoms with Crippen LogP contribution in [0.5, 0.6) is 0 Å². The largest absolute Gasteiger partial charge is 0.383 e. The average molecular weight is 412 g/mol. The lowest BCUT2D eigenvalue weighted by Gasteiger charge is -2.09. The number of amides is 1. The summed E-state index contributed by atoms with van der Waals surface area (Å²) in [5, 5.41) is 3.70. The number of carbonyl (C=O) groups is 1. The molecule has 132 valence electrons. The Morgan fingerprint density at radius 3 is 2.62 bits per heavy atom. The molecule has 26 heavy (non-hydrogen) atoms. The van der Waals surface area contributed by atoms with Crippen LogP contribution in [0.25, 0.3) is 22.3 Å². The number of aromatic nitrogens is 3. The number of fused-ring (bicyclic) bond motifs is 1. The summed E-state index contributed by atoms with van der Waals surface area (Å²) in [6.45, 7) is 3.89. The van der Waals surface area contributed by atoms with E-state index in [-0.39, 0.29) is 5.91 Å². The van der Waals surface area contributed by atoms with E-state index in [1.807, 2.05) is 35.9 Å². The first kappa shape index (κ1) is 16.8. The van der Waals surface area contributed by atoms with Crippen molar-refractivity contribution in [1.82, 2.24) is 14.5 Å². The molecule has 0 saturated heterocycles. The van der Waals surface area contributed by atoms with E-state index in [0.29, 0.717) is 17.3 Å². The lowest BCUT2D eigenvalue weighted by atomic mass is 10.1. The Kier molecular flexibility index (Phi) is 4.03. The van der Waals surface area contributed by atoms with Crippen LogP contribution in [0.1, 0.15) is 12.8 Å². The van der Waals surface area contributed by atoms with E-state index in [1.54, 1.807) is 0 Å². The van der Waals surface area contributed by atoms with Gasteiger partial charge in [0.2, 0.25) is 0 Å². The van der Waals surface area contributed by atoms with Crippen molar-refractivity contribution in [3.8, 4) is 11.3 Å². The van der Waals surface area contributed by atoms with Crippen LogP contribution in [0, 0.1) is 5.92 Å². The maximum absolute atomic E-state index is 12.2. The summed E-state index contributed by atoms with van der Waals surface area (Å²) in [7, 11) is 1.93. The van der Waals surface area contributed by atoms with Crippen LogP contribution >= 0.6 is 15.9 Å². The molecule has 0 radical (unpaired) electrons. The van der Waals surface area contributed by atoms with Crippen molar-refractivity contribution in [2.45, 2.75) is 12.8 Å². The van der Waals surface area contributed by atoms with Crippen molar-refractivity contribution < 1.29 is 4.79 Å². The number of nitrogens with two attached hydrogens (primary N) is 1. The van der Waals surface area contributed by atoms with Gasteiger partial charge in [-0.3, -0.25) is 4.79 Å². The number of anilines is 2. The summed E-state index contributed by atoms with van der Waals surface area (Å²) >= 11 is 3.63. The van der Waals surface area contributed by atoms with Crippen molar-refractivity contribution in [2.24, 2.45) is 13.0 Å². The highest BCUT2D eigenvalue weighted by atomic mass is 79.9. The van der Waals surface area contributed by atoms with Crippen molar-refractivity contribution in [3.63, 3.8) is 0 Å². The Morgan fingerprint density at radius 1 is 1.31 bits per heavy atom. The zero-order valence-corrected chi connectivity index (χ0v) is 15.9. The van der Waals surface area contributed by atoms with Gasteiger partial charge < -0.3 is 15.6 Å². The fourth-order valence-electron chi connectivity index (χ4n) is 3.09. The summed E-state index contributed by atoms with van der Waals surface area (Å²) in [5.74, 6) is 0.688. The van der Waals surface area contributed by atoms with E-state index in [1.165, 1.54) is 6.33 Å². The molecule has 1 aliphatic rings. The number of nitrogen functional groups attached to an aromatic ring is 1. The summed E-state index contributed by atoms with van der Waals surface area (Å²) < 4.78 is 2.83. The number of hydrogen-bond donors (Lipinski definition) is 2. The second-order valence-corrected chi connectivity index (χ2v) is 7.30. The second kappa shape index (κ2) is 6.25. The van der Waals surface area contributed by atoms with Gasteiger partial charge in [0.15, 0.2) is 0 Å². The number of rotatable bonds is 4. The third kappa shape index (κ3) is 2.78. The van der Waals surface area contributed by atoms with E-state index < -0.39 is 0 Å². The number of halogens is 1. The van der Waals surface area contributed by atoms with Crippen LogP contribution in [0.4, 0.5) is 11.5 Å². The van der Waals surface area contributed by atoms with Gasteiger partial charge in [-0.05, 0) is 52.4 Å². The number of nitrogens with zero attached hydrogens (tertiary/aromatic N) is 3. The van der Waals surface area contributed by atoms with Gasteiger partial charge in [0.25, 0.3) is 5.91 Å². The van der Waals surface area contributed by atoms with Crippen molar-refractivity contribution in [2.75, 3.05) is 11.1 Å². The van der Waals surface area contributed by atoms with Crippen LogP contribution in [-0.4, -0.2) is 20.4 Å². The lowest BCUT2D eigenvalue weighted by molar-refractivity contribution is -0.113. The molecule has 3 aromatic rings. The van der Waals surface area contributed by atoms with E-state index in [2.05, 4.69) is 37.8 Å². The van der Waals surface area contributed by atoms with E-state index in [0.717, 1.165) is 45.3 Å². The first-order chi connectivity index (χ1) is 12.5. The third-order valence-electron chi connectivity index (χ3n) is 4.72. The first-order valence-electron chi connectivity index (χ1n) is 8.32. The SMILES string of the molecule is C=C(C(=O)Nc1ccc(-c2c(Br)c3c(N)ncnc3n2C)cc1)C1CC1. The van der Waals surface area contributed by atoms with Gasteiger partial charge in [0.05, 0.1) is 15.6 Å². The fraction of sp³-hybridized carbons (Fsp3) is 0.211. The summed E-state index contributed by atoms with van der Waals surface area (Å²) in [4.78, 5) is 20.5. The normalized spacial score (nSPS) is 13.8. The molecule has 2 aromatic heterocycles. The topological polar surface area (TPSA) is 85.8 Å². The van der Waals surface area contributed by atoms with Gasteiger partial charge >= 0.3 is 0 Å². The second-order valence-electron chi connectivity index (χ2n) is 6.51.